The van der Waals surface area contributed by atoms with Gasteiger partial charge in [0.1, 0.15) is 0 Å². The van der Waals surface area contributed by atoms with Crippen molar-refractivity contribution < 1.29 is 18.3 Å². The predicted molar refractivity (Wildman–Crippen MR) is 46.7 cm³/mol. The van der Waals surface area contributed by atoms with E-state index >= 15 is 0 Å². The minimum absolute atomic E-state index is 0.146. The fraction of sp³-hybridized carbons (Fsp3) is 0.429. The number of alkyl halides is 3. The van der Waals surface area contributed by atoms with E-state index in [0.717, 1.165) is 4.52 Å². The number of nitrogens with zero attached hydrogens (tertiary/aromatic N) is 3. The molecule has 0 unspecified atom stereocenters. The Hall–Kier alpha value is -1.15. The summed E-state index contributed by atoms with van der Waals surface area (Å²) in [6.45, 7) is -0.146. The van der Waals surface area contributed by atoms with E-state index in [9.17, 15) is 13.2 Å². The lowest BCUT2D eigenvalue weighted by Gasteiger charge is -1.98. The van der Waals surface area contributed by atoms with E-state index in [1.165, 1.54) is 6.20 Å². The van der Waals surface area contributed by atoms with Crippen molar-refractivity contribution in [1.29, 1.82) is 0 Å². The molecule has 0 radical (unpaired) electrons. The molecule has 1 N–H and O–H groups in total. The molecule has 0 aliphatic heterocycles. The molecule has 0 aromatic carbocycles. The van der Waals surface area contributed by atoms with Gasteiger partial charge in [-0.15, -0.1) is 5.10 Å². The summed E-state index contributed by atoms with van der Waals surface area (Å²) in [5.74, 6) is 0. The van der Waals surface area contributed by atoms with E-state index < -0.39 is 11.2 Å². The zero-order valence-corrected chi connectivity index (χ0v) is 8.14. The van der Waals surface area contributed by atoms with E-state index in [2.05, 4.69) is 10.1 Å². The van der Waals surface area contributed by atoms with Crippen LogP contribution in [-0.4, -0.2) is 26.3 Å². The van der Waals surface area contributed by atoms with Gasteiger partial charge in [-0.2, -0.15) is 13.2 Å². The number of halogens is 3. The van der Waals surface area contributed by atoms with Crippen LogP contribution in [0, 0.1) is 0 Å². The molecular formula is C7H6F3N3OS. The van der Waals surface area contributed by atoms with Gasteiger partial charge in [0.25, 0.3) is 0 Å². The van der Waals surface area contributed by atoms with Gasteiger partial charge < -0.3 is 5.11 Å². The van der Waals surface area contributed by atoms with Crippen molar-refractivity contribution in [3.63, 3.8) is 0 Å². The normalized spacial score (nSPS) is 12.5. The molecule has 0 aliphatic rings. The van der Waals surface area contributed by atoms with Crippen molar-refractivity contribution in [2.45, 2.75) is 12.6 Å². The molecule has 0 saturated carbocycles. The van der Waals surface area contributed by atoms with Gasteiger partial charge in [-0.1, -0.05) is 11.3 Å². The Kier molecular flexibility index (Phi) is 2.39. The van der Waals surface area contributed by atoms with Crippen LogP contribution >= 0.6 is 11.3 Å². The standard InChI is InChI=1S/C7H6F3N3OS/c8-7(9,10)5-12-13-4(1-2-14)3-11-6(13)15-5/h3,14H,1-2H2. The Labute approximate surface area is 86.0 Å². The topological polar surface area (TPSA) is 50.4 Å². The monoisotopic (exact) mass is 237 g/mol. The van der Waals surface area contributed by atoms with Crippen LogP contribution in [0.2, 0.25) is 0 Å². The van der Waals surface area contributed by atoms with Gasteiger partial charge in [0.2, 0.25) is 9.97 Å². The molecule has 8 heteroatoms. The van der Waals surface area contributed by atoms with Crippen molar-refractivity contribution in [3.05, 3.63) is 16.9 Å². The number of hydrogen-bond donors (Lipinski definition) is 1. The van der Waals surface area contributed by atoms with Crippen LogP contribution in [-0.2, 0) is 12.6 Å². The highest BCUT2D eigenvalue weighted by Crippen LogP contribution is 2.32. The lowest BCUT2D eigenvalue weighted by atomic mass is 10.3. The number of aliphatic hydroxyl groups excluding tert-OH is 1. The largest absolute Gasteiger partial charge is 0.445 e. The van der Waals surface area contributed by atoms with Gasteiger partial charge in [0, 0.05) is 13.0 Å². The summed E-state index contributed by atoms with van der Waals surface area (Å²) in [7, 11) is 0. The average Bonchev–Trinajstić information content (AvgIpc) is 2.65. The quantitative estimate of drug-likeness (QED) is 0.857. The van der Waals surface area contributed by atoms with Gasteiger partial charge in [0.15, 0.2) is 0 Å². The maximum Gasteiger partial charge on any atom is 0.445 e. The molecule has 2 aromatic heterocycles. The van der Waals surface area contributed by atoms with Gasteiger partial charge in [-0.05, 0) is 0 Å². The summed E-state index contributed by atoms with van der Waals surface area (Å²) >= 11 is 0.485. The summed E-state index contributed by atoms with van der Waals surface area (Å²) in [4.78, 5) is 3.97. The summed E-state index contributed by atoms with van der Waals surface area (Å²) in [6.07, 6.45) is -2.79. The van der Waals surface area contributed by atoms with Crippen molar-refractivity contribution in [3.8, 4) is 0 Å². The first-order valence-corrected chi connectivity index (χ1v) is 4.85. The highest BCUT2D eigenvalue weighted by Gasteiger charge is 2.36. The smallest absolute Gasteiger partial charge is 0.396 e. The number of hydrogen-bond acceptors (Lipinski definition) is 4. The maximum atomic E-state index is 12.3. The second-order valence-electron chi connectivity index (χ2n) is 2.82. The molecule has 2 aromatic rings. The molecule has 2 heterocycles. The SMILES string of the molecule is OCCc1cnc2sc(C(F)(F)F)nn12. The molecule has 0 amide bonds. The Balaban J connectivity index is 2.48. The molecule has 0 aliphatic carbocycles. The van der Waals surface area contributed by atoms with E-state index in [1.54, 1.807) is 0 Å². The molecule has 0 saturated heterocycles. The van der Waals surface area contributed by atoms with Crippen LogP contribution in [0.5, 0.6) is 0 Å². The van der Waals surface area contributed by atoms with Gasteiger partial charge >= 0.3 is 6.18 Å². The molecule has 0 bridgehead atoms. The summed E-state index contributed by atoms with van der Waals surface area (Å²) < 4.78 is 38.0. The van der Waals surface area contributed by atoms with Crippen LogP contribution in [0.1, 0.15) is 10.7 Å². The van der Waals surface area contributed by atoms with E-state index in [-0.39, 0.29) is 18.0 Å². The number of imidazole rings is 1. The second-order valence-corrected chi connectivity index (χ2v) is 3.78. The Morgan fingerprint density at radius 2 is 2.20 bits per heavy atom. The van der Waals surface area contributed by atoms with E-state index in [1.807, 2.05) is 0 Å². The second kappa shape index (κ2) is 3.46. The first-order chi connectivity index (χ1) is 7.02. The fourth-order valence-electron chi connectivity index (χ4n) is 1.14. The third kappa shape index (κ3) is 1.82. The number of aromatic nitrogens is 3. The Morgan fingerprint density at radius 1 is 1.47 bits per heavy atom. The van der Waals surface area contributed by atoms with Crippen LogP contribution in [0.3, 0.4) is 0 Å². The molecule has 4 nitrogen and oxygen atoms in total. The molecule has 15 heavy (non-hydrogen) atoms. The summed E-state index contributed by atoms with van der Waals surface area (Å²) in [5, 5.41) is 11.1. The minimum Gasteiger partial charge on any atom is -0.396 e. The first-order valence-electron chi connectivity index (χ1n) is 4.04. The molecule has 2 rings (SSSR count). The average molecular weight is 237 g/mol. The third-order valence-corrected chi connectivity index (χ3v) is 2.73. The Morgan fingerprint density at radius 3 is 2.80 bits per heavy atom. The van der Waals surface area contributed by atoms with Gasteiger partial charge in [-0.25, -0.2) is 9.50 Å². The lowest BCUT2D eigenvalue weighted by molar-refractivity contribution is -0.138. The van der Waals surface area contributed by atoms with Crippen LogP contribution in [0.4, 0.5) is 13.2 Å². The zero-order chi connectivity index (χ0) is 11.1. The van der Waals surface area contributed by atoms with E-state index in [0.29, 0.717) is 17.0 Å². The highest BCUT2D eigenvalue weighted by molar-refractivity contribution is 7.16. The summed E-state index contributed by atoms with van der Waals surface area (Å²) in [6, 6.07) is 0. The number of aliphatic hydroxyl groups is 1. The molecular weight excluding hydrogens is 231 g/mol. The third-order valence-electron chi connectivity index (χ3n) is 1.77. The Bertz CT molecular complexity index is 475. The predicted octanol–water partition coefficient (Wildman–Crippen LogP) is 1.34. The lowest BCUT2D eigenvalue weighted by Crippen LogP contribution is -2.06. The van der Waals surface area contributed by atoms with Crippen molar-refractivity contribution in [2.75, 3.05) is 6.61 Å². The minimum atomic E-state index is -4.44. The first kappa shape index (κ1) is 10.4. The zero-order valence-electron chi connectivity index (χ0n) is 7.32. The van der Waals surface area contributed by atoms with Crippen LogP contribution < -0.4 is 0 Å². The van der Waals surface area contributed by atoms with E-state index in [4.69, 9.17) is 5.11 Å². The molecule has 0 spiro atoms. The number of rotatable bonds is 2. The van der Waals surface area contributed by atoms with Crippen LogP contribution in [0.25, 0.3) is 4.96 Å². The van der Waals surface area contributed by atoms with Gasteiger partial charge in [-0.3, -0.25) is 0 Å². The van der Waals surface area contributed by atoms with Crippen LogP contribution in [0.15, 0.2) is 6.20 Å². The van der Waals surface area contributed by atoms with Crippen molar-refractivity contribution in [1.82, 2.24) is 14.6 Å². The molecule has 0 atom stereocenters. The van der Waals surface area contributed by atoms with Crippen molar-refractivity contribution >= 4 is 16.3 Å². The molecule has 82 valence electrons. The van der Waals surface area contributed by atoms with Gasteiger partial charge in [0.05, 0.1) is 11.9 Å². The maximum absolute atomic E-state index is 12.3. The summed E-state index contributed by atoms with van der Waals surface area (Å²) in [5.41, 5.74) is 0.472. The fourth-order valence-corrected chi connectivity index (χ4v) is 1.90. The highest BCUT2D eigenvalue weighted by atomic mass is 32.1. The van der Waals surface area contributed by atoms with Crippen molar-refractivity contribution in [2.24, 2.45) is 0 Å². The number of fused-ring (bicyclic) bond motifs is 1. The molecule has 0 fully saturated rings.